The molecule has 0 fully saturated rings. The average molecular weight is 420 g/mol. The molecule has 152 valence electrons. The van der Waals surface area contributed by atoms with E-state index in [1.54, 1.807) is 23.5 Å². The van der Waals surface area contributed by atoms with E-state index in [2.05, 4.69) is 16.0 Å². The summed E-state index contributed by atoms with van der Waals surface area (Å²) in [5.41, 5.74) is 6.46. The van der Waals surface area contributed by atoms with Gasteiger partial charge in [-0.1, -0.05) is 36.4 Å². The lowest BCUT2D eigenvalue weighted by molar-refractivity contribution is -0.133. The Balaban J connectivity index is 1.54. The molecular formula is C24H22FN3OS. The van der Waals surface area contributed by atoms with E-state index in [1.165, 1.54) is 11.6 Å². The molecule has 0 radical (unpaired) electrons. The van der Waals surface area contributed by atoms with Crippen LogP contribution in [0.25, 0.3) is 10.9 Å². The van der Waals surface area contributed by atoms with Crippen molar-refractivity contribution >= 4 is 28.1 Å². The number of rotatable bonds is 4. The molecule has 1 aliphatic heterocycles. The third-order valence-corrected chi connectivity index (χ3v) is 6.96. The summed E-state index contributed by atoms with van der Waals surface area (Å²) in [4.78, 5) is 24.0. The Morgan fingerprint density at radius 2 is 2.03 bits per heavy atom. The Morgan fingerprint density at radius 1 is 1.23 bits per heavy atom. The van der Waals surface area contributed by atoms with Crippen molar-refractivity contribution in [2.45, 2.75) is 32.2 Å². The summed E-state index contributed by atoms with van der Waals surface area (Å²) < 4.78 is 14.9. The fourth-order valence-electron chi connectivity index (χ4n) is 4.46. The number of nitrogens with one attached hydrogen (secondary N) is 1. The number of para-hydroxylation sites is 1. The third-order valence-electron chi connectivity index (χ3n) is 5.97. The van der Waals surface area contributed by atoms with E-state index >= 15 is 0 Å². The van der Waals surface area contributed by atoms with E-state index in [4.69, 9.17) is 0 Å². The highest BCUT2D eigenvalue weighted by atomic mass is 32.1. The second-order valence-corrected chi connectivity index (χ2v) is 8.62. The molecule has 4 nitrogen and oxygen atoms in total. The van der Waals surface area contributed by atoms with Crippen molar-refractivity contribution < 1.29 is 9.18 Å². The van der Waals surface area contributed by atoms with E-state index < -0.39 is 6.04 Å². The maximum absolute atomic E-state index is 14.9. The van der Waals surface area contributed by atoms with Gasteiger partial charge in [0.1, 0.15) is 11.9 Å². The van der Waals surface area contributed by atoms with Gasteiger partial charge < -0.3 is 9.88 Å². The Hall–Kier alpha value is -2.99. The zero-order chi connectivity index (χ0) is 20.7. The van der Waals surface area contributed by atoms with Crippen molar-refractivity contribution in [3.63, 3.8) is 0 Å². The van der Waals surface area contributed by atoms with Crippen LogP contribution >= 0.6 is 11.3 Å². The van der Waals surface area contributed by atoms with Crippen LogP contribution < -0.4 is 0 Å². The molecule has 0 saturated carbocycles. The number of hydrogen-bond acceptors (Lipinski definition) is 3. The predicted octanol–water partition coefficient (Wildman–Crippen LogP) is 5.18. The second kappa shape index (κ2) is 7.69. The normalized spacial score (nSPS) is 16.1. The number of carbonyl (C=O) groups excluding carboxylic acids is 1. The number of hydrogen-bond donors (Lipinski definition) is 1. The van der Waals surface area contributed by atoms with Crippen LogP contribution in [0.4, 0.5) is 4.39 Å². The number of thiazole rings is 1. The molecule has 0 aliphatic carbocycles. The molecule has 4 aromatic rings. The summed E-state index contributed by atoms with van der Waals surface area (Å²) >= 11 is 1.58. The molecule has 2 aromatic carbocycles. The van der Waals surface area contributed by atoms with E-state index in [0.717, 1.165) is 33.6 Å². The summed E-state index contributed by atoms with van der Waals surface area (Å²) in [6.45, 7) is 2.55. The van der Waals surface area contributed by atoms with Crippen molar-refractivity contribution in [1.82, 2.24) is 14.9 Å². The summed E-state index contributed by atoms with van der Waals surface area (Å²) in [6, 6.07) is 14.5. The number of nitrogens with zero attached hydrogens (tertiary/aromatic N) is 2. The first-order chi connectivity index (χ1) is 14.6. The van der Waals surface area contributed by atoms with E-state index in [9.17, 15) is 9.18 Å². The molecule has 0 saturated heterocycles. The largest absolute Gasteiger partial charge is 0.356 e. The second-order valence-electron chi connectivity index (χ2n) is 7.68. The molecule has 5 rings (SSSR count). The van der Waals surface area contributed by atoms with Gasteiger partial charge in [0.2, 0.25) is 5.91 Å². The van der Waals surface area contributed by atoms with Crippen molar-refractivity contribution in [2.75, 3.05) is 6.54 Å². The molecule has 1 N–H and O–H groups in total. The lowest BCUT2D eigenvalue weighted by Crippen LogP contribution is -2.41. The van der Waals surface area contributed by atoms with Crippen molar-refractivity contribution in [2.24, 2.45) is 0 Å². The maximum atomic E-state index is 14.9. The fourth-order valence-corrected chi connectivity index (χ4v) is 5.24. The van der Waals surface area contributed by atoms with E-state index in [1.807, 2.05) is 41.6 Å². The van der Waals surface area contributed by atoms with Gasteiger partial charge in [-0.3, -0.25) is 4.79 Å². The molecule has 0 spiro atoms. The number of halogens is 1. The summed E-state index contributed by atoms with van der Waals surface area (Å²) in [5, 5.41) is 1.15. The van der Waals surface area contributed by atoms with Gasteiger partial charge in [-0.15, -0.1) is 11.3 Å². The highest BCUT2D eigenvalue weighted by molar-refractivity contribution is 7.09. The Kier molecular flexibility index (Phi) is 4.87. The molecule has 6 heteroatoms. The van der Waals surface area contributed by atoms with Crippen LogP contribution in [-0.4, -0.2) is 27.3 Å². The quantitative estimate of drug-likeness (QED) is 0.496. The smallest absolute Gasteiger partial charge is 0.223 e. The molecular weight excluding hydrogens is 397 g/mol. The highest BCUT2D eigenvalue weighted by Gasteiger charge is 2.35. The molecule has 30 heavy (non-hydrogen) atoms. The summed E-state index contributed by atoms with van der Waals surface area (Å²) in [7, 11) is 0. The lowest BCUT2D eigenvalue weighted by atomic mass is 9.91. The van der Waals surface area contributed by atoms with E-state index in [0.29, 0.717) is 24.9 Å². The van der Waals surface area contributed by atoms with Crippen molar-refractivity contribution in [3.8, 4) is 0 Å². The van der Waals surface area contributed by atoms with E-state index in [-0.39, 0.29) is 11.7 Å². The van der Waals surface area contributed by atoms with Crippen LogP contribution in [0.5, 0.6) is 0 Å². The number of aromatic amines is 1. The van der Waals surface area contributed by atoms with Gasteiger partial charge in [-0.2, -0.15) is 0 Å². The molecule has 3 heterocycles. The monoisotopic (exact) mass is 419 g/mol. The first kappa shape index (κ1) is 19.0. The molecule has 2 aromatic heterocycles. The average Bonchev–Trinajstić information content (AvgIpc) is 3.35. The number of amides is 1. The van der Waals surface area contributed by atoms with Crippen molar-refractivity contribution in [1.29, 1.82) is 0 Å². The van der Waals surface area contributed by atoms with Gasteiger partial charge in [-0.05, 0) is 37.5 Å². The number of benzene rings is 2. The first-order valence-electron chi connectivity index (χ1n) is 10.2. The minimum Gasteiger partial charge on any atom is -0.356 e. The van der Waals surface area contributed by atoms with Crippen LogP contribution in [0.15, 0.2) is 54.0 Å². The lowest BCUT2D eigenvalue weighted by Gasteiger charge is -2.36. The molecule has 1 aliphatic rings. The van der Waals surface area contributed by atoms with Crippen LogP contribution in [0, 0.1) is 12.7 Å². The minimum atomic E-state index is -0.447. The fraction of sp³-hybridized carbons (Fsp3) is 0.250. The Bertz CT molecular complexity index is 1230. The zero-order valence-corrected chi connectivity index (χ0v) is 17.5. The number of carbonyl (C=O) groups is 1. The summed E-state index contributed by atoms with van der Waals surface area (Å²) in [6.07, 6.45) is 1.81. The number of aryl methyl sites for hydroxylation is 2. The van der Waals surface area contributed by atoms with Gasteiger partial charge in [0, 0.05) is 40.0 Å². The van der Waals surface area contributed by atoms with Crippen LogP contribution in [0.3, 0.4) is 0 Å². The predicted molar refractivity (Wildman–Crippen MR) is 117 cm³/mol. The zero-order valence-electron chi connectivity index (χ0n) is 16.7. The van der Waals surface area contributed by atoms with Gasteiger partial charge in [0.15, 0.2) is 0 Å². The third kappa shape index (κ3) is 3.21. The van der Waals surface area contributed by atoms with Crippen LogP contribution in [0.2, 0.25) is 0 Å². The van der Waals surface area contributed by atoms with Crippen molar-refractivity contribution in [3.05, 3.63) is 87.3 Å². The minimum absolute atomic E-state index is 0.0420. The molecule has 1 atom stereocenters. The highest BCUT2D eigenvalue weighted by Crippen LogP contribution is 2.39. The molecule has 1 amide bonds. The number of fused-ring (bicyclic) bond motifs is 3. The van der Waals surface area contributed by atoms with Gasteiger partial charge in [-0.25, -0.2) is 9.37 Å². The summed E-state index contributed by atoms with van der Waals surface area (Å²) in [5.74, 6) is -0.245. The molecule has 1 unspecified atom stereocenters. The van der Waals surface area contributed by atoms with Crippen LogP contribution in [-0.2, 0) is 17.6 Å². The Labute approximate surface area is 178 Å². The topological polar surface area (TPSA) is 49.0 Å². The van der Waals surface area contributed by atoms with Gasteiger partial charge in [0.05, 0.1) is 11.2 Å². The Morgan fingerprint density at radius 3 is 2.83 bits per heavy atom. The van der Waals surface area contributed by atoms with Gasteiger partial charge >= 0.3 is 0 Å². The van der Waals surface area contributed by atoms with Crippen LogP contribution in [0.1, 0.15) is 39.9 Å². The first-order valence-corrected chi connectivity index (χ1v) is 11.0. The maximum Gasteiger partial charge on any atom is 0.223 e. The number of H-pyrrole nitrogens is 1. The molecule has 0 bridgehead atoms. The SMILES string of the molecule is Cc1ncsc1CCC(=O)N1CCc2c([nH]c3ccccc23)C1c1ccccc1F. The number of aromatic nitrogens is 2. The van der Waals surface area contributed by atoms with Gasteiger partial charge in [0.25, 0.3) is 0 Å². The standard InChI is InChI=1S/C24H22FN3OS/c1-15-21(30-14-26-15)10-11-22(29)28-13-12-17-16-6-3-5-9-20(16)27-23(17)24(28)18-7-2-4-8-19(18)25/h2-9,14,24,27H,10-13H2,1H3.